The minimum atomic E-state index is -1.21. The van der Waals surface area contributed by atoms with Gasteiger partial charge in [-0.3, -0.25) is 9.59 Å². The van der Waals surface area contributed by atoms with E-state index in [0.29, 0.717) is 6.42 Å². The number of Topliss-reactive ketones (excluding diaryl/α,β-unsaturated/α-hetero) is 1. The third-order valence-electron chi connectivity index (χ3n) is 7.04. The molecule has 1 aliphatic heterocycles. The van der Waals surface area contributed by atoms with Gasteiger partial charge in [0.2, 0.25) is 0 Å². The average molecular weight is 492 g/mol. The van der Waals surface area contributed by atoms with E-state index >= 15 is 0 Å². The van der Waals surface area contributed by atoms with E-state index in [9.17, 15) is 19.8 Å². The molecule has 2 N–H and O–H groups in total. The van der Waals surface area contributed by atoms with Crippen molar-refractivity contribution in [1.29, 1.82) is 0 Å². The zero-order valence-corrected chi connectivity index (χ0v) is 22.4. The number of ether oxygens (including phenoxy) is 1. The predicted molar refractivity (Wildman–Crippen MR) is 136 cm³/mol. The van der Waals surface area contributed by atoms with Crippen LogP contribution in [-0.4, -0.2) is 45.3 Å². The van der Waals surface area contributed by atoms with Crippen LogP contribution >= 0.6 is 11.3 Å². The molecule has 0 saturated heterocycles. The highest BCUT2D eigenvalue weighted by Crippen LogP contribution is 2.32. The van der Waals surface area contributed by atoms with Gasteiger partial charge in [-0.1, -0.05) is 39.3 Å². The minimum Gasteiger partial charge on any atom is -0.457 e. The summed E-state index contributed by atoms with van der Waals surface area (Å²) in [5.41, 5.74) is 1.71. The van der Waals surface area contributed by atoms with Crippen LogP contribution in [0.5, 0.6) is 0 Å². The lowest BCUT2D eigenvalue weighted by Crippen LogP contribution is -2.45. The maximum Gasteiger partial charge on any atom is 0.309 e. The predicted octanol–water partition coefficient (Wildman–Crippen LogP) is 5.27. The average Bonchev–Trinajstić information content (AvgIpc) is 3.18. The van der Waals surface area contributed by atoms with E-state index in [0.717, 1.165) is 35.5 Å². The molecular weight excluding hydrogens is 450 g/mol. The number of aromatic nitrogens is 1. The van der Waals surface area contributed by atoms with Crippen LogP contribution in [0.25, 0.3) is 6.08 Å². The first kappa shape index (κ1) is 28.4. The maximum absolute atomic E-state index is 13.2. The minimum absolute atomic E-state index is 0.0444. The normalized spacial score (nSPS) is 30.6. The molecule has 0 amide bonds. The lowest BCUT2D eigenvalue weighted by molar-refractivity contribution is -0.154. The van der Waals surface area contributed by atoms with Crippen LogP contribution in [0.2, 0.25) is 0 Å². The molecule has 0 saturated carbocycles. The third-order valence-corrected chi connectivity index (χ3v) is 7.83. The maximum atomic E-state index is 13.2. The second-order valence-corrected chi connectivity index (χ2v) is 11.5. The van der Waals surface area contributed by atoms with Gasteiger partial charge in [0.1, 0.15) is 11.9 Å². The van der Waals surface area contributed by atoms with Gasteiger partial charge in [0, 0.05) is 17.7 Å². The molecule has 2 rings (SSSR count). The summed E-state index contributed by atoms with van der Waals surface area (Å²) in [6.45, 7) is 12.8. The molecule has 0 bridgehead atoms. The number of allylic oxidation sites excluding steroid dienone is 1. The molecule has 34 heavy (non-hydrogen) atoms. The number of hydrogen-bond acceptors (Lipinski definition) is 7. The Morgan fingerprint density at radius 3 is 2.53 bits per heavy atom. The number of thiazole rings is 1. The number of cyclic esters (lactones) is 1. The van der Waals surface area contributed by atoms with Crippen molar-refractivity contribution < 1.29 is 24.5 Å². The van der Waals surface area contributed by atoms with Gasteiger partial charge in [-0.25, -0.2) is 4.98 Å². The number of carbonyl (C=O) groups excluding carboxylic acids is 2. The van der Waals surface area contributed by atoms with Gasteiger partial charge in [0.25, 0.3) is 0 Å². The molecule has 0 aromatic carbocycles. The van der Waals surface area contributed by atoms with Crippen LogP contribution in [0.3, 0.4) is 0 Å². The molecule has 0 aliphatic carbocycles. The van der Waals surface area contributed by atoms with Gasteiger partial charge in [0.15, 0.2) is 0 Å². The molecule has 6 nitrogen and oxygen atoms in total. The Balaban J connectivity index is 2.33. The Bertz CT molecular complexity index is 916. The van der Waals surface area contributed by atoms with E-state index in [4.69, 9.17) is 4.74 Å². The number of aryl methyl sites for hydroxylation is 1. The van der Waals surface area contributed by atoms with Crippen LogP contribution in [0.1, 0.15) is 84.3 Å². The summed E-state index contributed by atoms with van der Waals surface area (Å²) in [5, 5.41) is 24.5. The Kier molecular flexibility index (Phi) is 10.2. The van der Waals surface area contributed by atoms with Crippen LogP contribution in [-0.2, 0) is 14.3 Å². The Morgan fingerprint density at radius 1 is 1.24 bits per heavy atom. The molecule has 5 atom stereocenters. The van der Waals surface area contributed by atoms with Crippen molar-refractivity contribution >= 4 is 29.2 Å². The van der Waals surface area contributed by atoms with Gasteiger partial charge >= 0.3 is 5.97 Å². The summed E-state index contributed by atoms with van der Waals surface area (Å²) in [6.07, 6.45) is 4.33. The highest BCUT2D eigenvalue weighted by molar-refractivity contribution is 7.09. The molecule has 0 fully saturated rings. The van der Waals surface area contributed by atoms with E-state index < -0.39 is 35.6 Å². The number of aliphatic hydroxyl groups is 2. The van der Waals surface area contributed by atoms with Crippen molar-refractivity contribution in [1.82, 2.24) is 4.98 Å². The Labute approximate surface area is 208 Å². The van der Waals surface area contributed by atoms with Gasteiger partial charge < -0.3 is 14.9 Å². The zero-order chi connectivity index (χ0) is 25.6. The largest absolute Gasteiger partial charge is 0.457 e. The van der Waals surface area contributed by atoms with E-state index in [1.807, 2.05) is 32.2 Å². The quantitative estimate of drug-likeness (QED) is 0.432. The van der Waals surface area contributed by atoms with Gasteiger partial charge in [0.05, 0.1) is 34.7 Å². The molecule has 1 aromatic rings. The molecular formula is C27H41NO5S. The SMILES string of the molecule is CC1=CC[C@@H](C(C)=Cc2csc(C)n2)OC(=O)CC(O)C(C)(C)C(=O)C(C)C(O)C(C)CCC1. The summed E-state index contributed by atoms with van der Waals surface area (Å²) in [6, 6.07) is 0. The molecule has 0 spiro atoms. The smallest absolute Gasteiger partial charge is 0.309 e. The summed E-state index contributed by atoms with van der Waals surface area (Å²) in [7, 11) is 0. The Morgan fingerprint density at radius 2 is 1.91 bits per heavy atom. The fourth-order valence-electron chi connectivity index (χ4n) is 4.40. The highest BCUT2D eigenvalue weighted by Gasteiger charge is 2.42. The first-order chi connectivity index (χ1) is 15.8. The lowest BCUT2D eigenvalue weighted by atomic mass is 9.73. The van der Waals surface area contributed by atoms with Gasteiger partial charge in [-0.2, -0.15) is 0 Å². The van der Waals surface area contributed by atoms with E-state index in [1.165, 1.54) is 5.57 Å². The first-order valence-corrected chi connectivity index (χ1v) is 13.1. The van der Waals surface area contributed by atoms with Crippen LogP contribution in [0.15, 0.2) is 22.6 Å². The van der Waals surface area contributed by atoms with Crippen molar-refractivity contribution in [2.45, 2.75) is 98.9 Å². The number of aliphatic hydroxyl groups excluding tert-OH is 2. The number of rotatable bonds is 2. The topological polar surface area (TPSA) is 96.7 Å². The standard InChI is InChI=1S/C27H41NO5S/c1-16-9-8-10-17(2)25(31)19(4)26(32)27(6,7)23(29)14-24(30)33-22(12-11-16)18(3)13-21-15-34-20(5)28-21/h11,13,15,17,19,22-23,25,29,31H,8-10,12,14H2,1-7H3/t17?,19?,22-,23?,25?/m0/s1. The number of ketones is 1. The third kappa shape index (κ3) is 7.59. The summed E-state index contributed by atoms with van der Waals surface area (Å²) in [5.74, 6) is -1.49. The second kappa shape index (κ2) is 12.2. The monoisotopic (exact) mass is 491 g/mol. The Hall–Kier alpha value is -1.83. The highest BCUT2D eigenvalue weighted by atomic mass is 32.1. The van der Waals surface area contributed by atoms with E-state index in [1.54, 1.807) is 32.1 Å². The fourth-order valence-corrected chi connectivity index (χ4v) is 4.97. The molecule has 190 valence electrons. The molecule has 4 unspecified atom stereocenters. The van der Waals surface area contributed by atoms with Crippen LogP contribution in [0, 0.1) is 24.2 Å². The number of hydrogen-bond donors (Lipinski definition) is 2. The van der Waals surface area contributed by atoms with Crippen molar-refractivity contribution in [3.8, 4) is 0 Å². The second-order valence-electron chi connectivity index (χ2n) is 10.4. The molecule has 7 heteroatoms. The van der Waals surface area contributed by atoms with Crippen LogP contribution < -0.4 is 0 Å². The van der Waals surface area contributed by atoms with E-state index in [2.05, 4.69) is 18.0 Å². The molecule has 1 aromatic heterocycles. The van der Waals surface area contributed by atoms with Crippen molar-refractivity contribution in [3.63, 3.8) is 0 Å². The summed E-state index contributed by atoms with van der Waals surface area (Å²) in [4.78, 5) is 30.5. The van der Waals surface area contributed by atoms with Crippen molar-refractivity contribution in [2.24, 2.45) is 17.3 Å². The summed E-state index contributed by atoms with van der Waals surface area (Å²) < 4.78 is 5.81. The molecule has 0 radical (unpaired) electrons. The molecule has 1 aliphatic rings. The van der Waals surface area contributed by atoms with Gasteiger partial charge in [-0.05, 0) is 57.6 Å². The first-order valence-electron chi connectivity index (χ1n) is 12.2. The van der Waals surface area contributed by atoms with Crippen molar-refractivity contribution in [2.75, 3.05) is 0 Å². The van der Waals surface area contributed by atoms with Gasteiger partial charge in [-0.15, -0.1) is 11.3 Å². The zero-order valence-electron chi connectivity index (χ0n) is 21.6. The lowest BCUT2D eigenvalue weighted by Gasteiger charge is -2.34. The van der Waals surface area contributed by atoms with E-state index in [-0.39, 0.29) is 18.1 Å². The van der Waals surface area contributed by atoms with Crippen LogP contribution in [0.4, 0.5) is 0 Å². The summed E-state index contributed by atoms with van der Waals surface area (Å²) >= 11 is 1.56. The fraction of sp³-hybridized carbons (Fsp3) is 0.667. The number of carbonyl (C=O) groups is 2. The number of esters is 1. The van der Waals surface area contributed by atoms with Crippen molar-refractivity contribution in [3.05, 3.63) is 33.3 Å². The number of nitrogens with zero attached hydrogens (tertiary/aromatic N) is 1. The molecule has 2 heterocycles.